The third-order valence-corrected chi connectivity index (χ3v) is 4.70. The Morgan fingerprint density at radius 1 is 1.29 bits per heavy atom. The first-order chi connectivity index (χ1) is 13.7. The van der Waals surface area contributed by atoms with Crippen LogP contribution in [0, 0.1) is 19.3 Å². The van der Waals surface area contributed by atoms with Gasteiger partial charge in [0.15, 0.2) is 0 Å². The normalized spacial score (nSPS) is 12.0. The predicted octanol–water partition coefficient (Wildman–Crippen LogP) is 3.96. The van der Waals surface area contributed by atoms with E-state index in [0.717, 1.165) is 44.7 Å². The molecule has 0 aliphatic rings. The van der Waals surface area contributed by atoms with Gasteiger partial charge in [-0.05, 0) is 36.8 Å². The Labute approximate surface area is 163 Å². The van der Waals surface area contributed by atoms with Gasteiger partial charge in [-0.3, -0.25) is 10.1 Å². The van der Waals surface area contributed by atoms with E-state index in [4.69, 9.17) is 16.6 Å². The van der Waals surface area contributed by atoms with Crippen LogP contribution in [0.15, 0.2) is 53.5 Å². The number of aromatic amines is 1. The number of anilines is 1. The van der Waals surface area contributed by atoms with Crippen LogP contribution in [0.4, 0.5) is 5.69 Å². The first kappa shape index (κ1) is 17.8. The second kappa shape index (κ2) is 7.59. The Morgan fingerprint density at radius 3 is 2.96 bits per heavy atom. The number of nitrogens with zero attached hydrogens (tertiary/aromatic N) is 2. The summed E-state index contributed by atoms with van der Waals surface area (Å²) in [5.74, 6) is 2.59. The summed E-state index contributed by atoms with van der Waals surface area (Å²) in [7, 11) is 0. The van der Waals surface area contributed by atoms with Crippen molar-refractivity contribution < 1.29 is 4.42 Å². The van der Waals surface area contributed by atoms with Gasteiger partial charge in [0.05, 0.1) is 41.3 Å². The molecule has 28 heavy (non-hydrogen) atoms. The van der Waals surface area contributed by atoms with E-state index < -0.39 is 0 Å². The summed E-state index contributed by atoms with van der Waals surface area (Å²) in [6.07, 6.45) is 11.0. The molecule has 3 heterocycles. The number of pyridine rings is 1. The highest BCUT2D eigenvalue weighted by Gasteiger charge is 2.13. The Hall–Kier alpha value is -3.56. The van der Waals surface area contributed by atoms with Crippen LogP contribution in [0.2, 0.25) is 0 Å². The molecule has 0 radical (unpaired) electrons. The van der Waals surface area contributed by atoms with Crippen molar-refractivity contribution in [2.24, 2.45) is 5.73 Å². The van der Waals surface area contributed by atoms with Crippen LogP contribution in [0.1, 0.15) is 12.1 Å². The summed E-state index contributed by atoms with van der Waals surface area (Å²) < 4.78 is 5.27. The molecule has 6 nitrogen and oxygen atoms in total. The predicted molar refractivity (Wildman–Crippen MR) is 112 cm³/mol. The molecule has 0 fully saturated rings. The molecule has 3 aromatic heterocycles. The zero-order chi connectivity index (χ0) is 19.5. The minimum absolute atomic E-state index is 0.105. The molecule has 6 heteroatoms. The smallest absolute Gasteiger partial charge is 0.0996 e. The third kappa shape index (κ3) is 3.48. The van der Waals surface area contributed by atoms with Crippen molar-refractivity contribution in [1.29, 1.82) is 0 Å². The Morgan fingerprint density at radius 2 is 2.18 bits per heavy atom. The van der Waals surface area contributed by atoms with E-state index in [1.54, 1.807) is 18.7 Å². The lowest BCUT2D eigenvalue weighted by molar-refractivity contribution is 0.568. The summed E-state index contributed by atoms with van der Waals surface area (Å²) in [6, 6.07) is 10.1. The van der Waals surface area contributed by atoms with Crippen LogP contribution < -0.4 is 11.1 Å². The van der Waals surface area contributed by atoms with Crippen molar-refractivity contribution in [3.05, 3.63) is 54.7 Å². The first-order valence-corrected chi connectivity index (χ1v) is 9.06. The average molecular weight is 371 g/mol. The minimum Gasteiger partial charge on any atom is -0.472 e. The molecular formula is C22H21N5O. The second-order valence-electron chi connectivity index (χ2n) is 6.75. The fourth-order valence-corrected chi connectivity index (χ4v) is 3.20. The summed E-state index contributed by atoms with van der Waals surface area (Å²) >= 11 is 0. The van der Waals surface area contributed by atoms with E-state index in [0.29, 0.717) is 13.0 Å². The SMILES string of the molecule is C#CC[C@H](N)CNc1cnc(-c2ccoc2)c(-c2ccc3[nH]nc(C)c3c2)c1. The summed E-state index contributed by atoms with van der Waals surface area (Å²) in [4.78, 5) is 4.68. The Kier molecular flexibility index (Phi) is 4.83. The molecule has 4 aromatic rings. The van der Waals surface area contributed by atoms with Gasteiger partial charge in [-0.15, -0.1) is 12.3 Å². The van der Waals surface area contributed by atoms with Gasteiger partial charge in [-0.2, -0.15) is 5.10 Å². The molecule has 0 saturated carbocycles. The number of hydrogen-bond donors (Lipinski definition) is 3. The van der Waals surface area contributed by atoms with E-state index in [-0.39, 0.29) is 6.04 Å². The van der Waals surface area contributed by atoms with E-state index in [9.17, 15) is 0 Å². The number of rotatable bonds is 6. The zero-order valence-electron chi connectivity index (χ0n) is 15.6. The average Bonchev–Trinajstić information content (AvgIpc) is 3.37. The number of nitrogens with two attached hydrogens (primary N) is 1. The van der Waals surface area contributed by atoms with Gasteiger partial charge in [0.25, 0.3) is 0 Å². The van der Waals surface area contributed by atoms with Gasteiger partial charge in [-0.1, -0.05) is 6.07 Å². The Bertz CT molecular complexity index is 1140. The van der Waals surface area contributed by atoms with Crippen molar-refractivity contribution in [3.63, 3.8) is 0 Å². The quantitative estimate of drug-likeness (QED) is 0.446. The van der Waals surface area contributed by atoms with Gasteiger partial charge >= 0.3 is 0 Å². The van der Waals surface area contributed by atoms with Crippen LogP contribution in [0.25, 0.3) is 33.3 Å². The van der Waals surface area contributed by atoms with Gasteiger partial charge in [0, 0.05) is 35.5 Å². The molecule has 0 saturated heterocycles. The topological polar surface area (TPSA) is 92.8 Å². The number of aryl methyl sites for hydroxylation is 1. The van der Waals surface area contributed by atoms with E-state index >= 15 is 0 Å². The number of aromatic nitrogens is 3. The van der Waals surface area contributed by atoms with Crippen molar-refractivity contribution >= 4 is 16.6 Å². The molecule has 0 aliphatic carbocycles. The lowest BCUT2D eigenvalue weighted by atomic mass is 9.98. The van der Waals surface area contributed by atoms with Gasteiger partial charge in [0.1, 0.15) is 0 Å². The highest BCUT2D eigenvalue weighted by Crippen LogP contribution is 2.34. The highest BCUT2D eigenvalue weighted by atomic mass is 16.3. The largest absolute Gasteiger partial charge is 0.472 e. The van der Waals surface area contributed by atoms with Gasteiger partial charge in [-0.25, -0.2) is 0 Å². The molecule has 0 unspecified atom stereocenters. The van der Waals surface area contributed by atoms with Crippen molar-refractivity contribution in [2.75, 3.05) is 11.9 Å². The number of furan rings is 1. The molecule has 0 aliphatic heterocycles. The molecule has 1 aromatic carbocycles. The summed E-state index contributed by atoms with van der Waals surface area (Å²) in [5.41, 5.74) is 12.7. The number of terminal acetylenes is 1. The zero-order valence-corrected chi connectivity index (χ0v) is 15.6. The van der Waals surface area contributed by atoms with Crippen LogP contribution >= 0.6 is 0 Å². The number of hydrogen-bond acceptors (Lipinski definition) is 5. The van der Waals surface area contributed by atoms with Crippen LogP contribution in [-0.2, 0) is 0 Å². The minimum atomic E-state index is -0.105. The molecular weight excluding hydrogens is 350 g/mol. The van der Waals surface area contributed by atoms with Crippen molar-refractivity contribution in [3.8, 4) is 34.7 Å². The molecule has 0 spiro atoms. The molecule has 4 rings (SSSR count). The lowest BCUT2D eigenvalue weighted by Crippen LogP contribution is -2.28. The van der Waals surface area contributed by atoms with Gasteiger partial charge < -0.3 is 15.5 Å². The lowest BCUT2D eigenvalue weighted by Gasteiger charge is -2.14. The molecule has 4 N–H and O–H groups in total. The number of H-pyrrole nitrogens is 1. The van der Waals surface area contributed by atoms with Crippen molar-refractivity contribution in [2.45, 2.75) is 19.4 Å². The number of fused-ring (bicyclic) bond motifs is 1. The molecule has 0 amide bonds. The second-order valence-corrected chi connectivity index (χ2v) is 6.75. The third-order valence-electron chi connectivity index (χ3n) is 4.70. The van der Waals surface area contributed by atoms with Crippen molar-refractivity contribution in [1.82, 2.24) is 15.2 Å². The van der Waals surface area contributed by atoms with Crippen LogP contribution in [0.5, 0.6) is 0 Å². The monoisotopic (exact) mass is 371 g/mol. The van der Waals surface area contributed by atoms with Crippen LogP contribution in [0.3, 0.4) is 0 Å². The molecule has 1 atom stereocenters. The number of nitrogens with one attached hydrogen (secondary N) is 2. The maximum absolute atomic E-state index is 6.01. The summed E-state index contributed by atoms with van der Waals surface area (Å²) in [5, 5.41) is 11.7. The Balaban J connectivity index is 1.76. The molecule has 0 bridgehead atoms. The van der Waals surface area contributed by atoms with E-state index in [2.05, 4.69) is 44.6 Å². The highest BCUT2D eigenvalue weighted by molar-refractivity contribution is 5.90. The summed E-state index contributed by atoms with van der Waals surface area (Å²) in [6.45, 7) is 2.57. The van der Waals surface area contributed by atoms with Gasteiger partial charge in [0.2, 0.25) is 0 Å². The van der Waals surface area contributed by atoms with Crippen LogP contribution in [-0.4, -0.2) is 27.8 Å². The fourth-order valence-electron chi connectivity index (χ4n) is 3.20. The first-order valence-electron chi connectivity index (χ1n) is 9.06. The van der Waals surface area contributed by atoms with E-state index in [1.807, 2.05) is 19.1 Å². The standard InChI is InChI=1S/C22H21N5O/c1-3-4-17(23)11-24-18-10-20(22(25-12-18)16-7-8-28-13-16)15-5-6-21-19(9-15)14(2)26-27-21/h1,5-10,12-13,17,24H,4,11,23H2,2H3,(H,26,27)/t17-/m0/s1. The van der Waals surface area contributed by atoms with E-state index in [1.165, 1.54) is 0 Å². The fraction of sp³-hybridized carbons (Fsp3) is 0.182. The molecule has 140 valence electrons. The maximum atomic E-state index is 6.01. The number of benzene rings is 1. The maximum Gasteiger partial charge on any atom is 0.0996 e.